The van der Waals surface area contributed by atoms with E-state index in [4.69, 9.17) is 0 Å². The number of carbonyl (C=O) groups is 2. The van der Waals surface area contributed by atoms with E-state index in [1.54, 1.807) is 0 Å². The third-order valence-corrected chi connectivity index (χ3v) is 4.50. The Morgan fingerprint density at radius 2 is 1.81 bits per heavy atom. The number of hydrogen-bond donors (Lipinski definition) is 1. The Hall–Kier alpha value is -3.82. The number of hydrogen-bond acceptors (Lipinski definition) is 4. The molecule has 2 aromatic heterocycles. The first-order chi connectivity index (χ1) is 15.2. The van der Waals surface area contributed by atoms with Crippen molar-refractivity contribution in [2.24, 2.45) is 0 Å². The second-order valence-electron chi connectivity index (χ2n) is 6.79. The number of aromatic nitrogens is 2. The minimum absolute atomic E-state index is 0.145. The molecule has 0 radical (unpaired) electrons. The molecule has 2 amide bonds. The van der Waals surface area contributed by atoms with Gasteiger partial charge < -0.3 is 10.2 Å². The van der Waals surface area contributed by atoms with Gasteiger partial charge in [-0.3, -0.25) is 14.6 Å². The zero-order valence-corrected chi connectivity index (χ0v) is 16.9. The number of anilines is 1. The zero-order chi connectivity index (χ0) is 23.3. The lowest BCUT2D eigenvalue weighted by molar-refractivity contribution is -0.117. The number of halogens is 4. The summed E-state index contributed by atoms with van der Waals surface area (Å²) in [5, 5.41) is 2.65. The molecule has 166 valence electrons. The van der Waals surface area contributed by atoms with Gasteiger partial charge in [0.1, 0.15) is 5.82 Å². The lowest BCUT2D eigenvalue weighted by atomic mass is 10.1. The fourth-order valence-electron chi connectivity index (χ4n) is 2.91. The minimum atomic E-state index is -2.81. The molecule has 6 nitrogen and oxygen atoms in total. The Kier molecular flexibility index (Phi) is 7.14. The fourth-order valence-corrected chi connectivity index (χ4v) is 2.91. The van der Waals surface area contributed by atoms with Crippen molar-refractivity contribution in [3.63, 3.8) is 0 Å². The molecule has 0 saturated carbocycles. The van der Waals surface area contributed by atoms with E-state index in [9.17, 15) is 27.2 Å². The maximum absolute atomic E-state index is 14.5. The first-order valence-electron chi connectivity index (χ1n) is 9.45. The largest absolute Gasteiger partial charge is 0.348 e. The van der Waals surface area contributed by atoms with Gasteiger partial charge in [0.05, 0.1) is 23.5 Å². The molecule has 10 heteroatoms. The molecule has 1 aromatic carbocycles. The number of nitrogens with one attached hydrogen (secondary N) is 1. The van der Waals surface area contributed by atoms with Crippen molar-refractivity contribution in [1.82, 2.24) is 15.3 Å². The molecule has 3 aromatic rings. The van der Waals surface area contributed by atoms with Gasteiger partial charge in [0.2, 0.25) is 11.9 Å². The summed E-state index contributed by atoms with van der Waals surface area (Å²) in [6, 6.07) is 9.44. The summed E-state index contributed by atoms with van der Waals surface area (Å²) in [5.74, 6) is -2.59. The maximum Gasteiger partial charge on any atom is 0.256 e. The molecule has 1 N–H and O–H groups in total. The van der Waals surface area contributed by atoms with Gasteiger partial charge in [0.15, 0.2) is 0 Å². The van der Waals surface area contributed by atoms with Crippen molar-refractivity contribution in [2.75, 3.05) is 11.4 Å². The second kappa shape index (κ2) is 9.99. The first kappa shape index (κ1) is 22.9. The van der Waals surface area contributed by atoms with Crippen LogP contribution in [-0.2, 0) is 11.3 Å². The highest BCUT2D eigenvalue weighted by molar-refractivity contribution is 5.94. The first-order valence-corrected chi connectivity index (χ1v) is 9.45. The molecule has 0 unspecified atom stereocenters. The molecule has 0 aliphatic rings. The van der Waals surface area contributed by atoms with Crippen molar-refractivity contribution in [1.29, 1.82) is 0 Å². The van der Waals surface area contributed by atoms with Crippen molar-refractivity contribution < 1.29 is 27.2 Å². The van der Waals surface area contributed by atoms with Crippen LogP contribution in [0.3, 0.4) is 0 Å². The van der Waals surface area contributed by atoms with Gasteiger partial charge in [0.25, 0.3) is 12.3 Å². The normalized spacial score (nSPS) is 10.8. The van der Waals surface area contributed by atoms with E-state index in [1.165, 1.54) is 48.8 Å². The highest BCUT2D eigenvalue weighted by Crippen LogP contribution is 2.26. The third-order valence-electron chi connectivity index (χ3n) is 4.50. The molecule has 0 saturated heterocycles. The van der Waals surface area contributed by atoms with Crippen LogP contribution < -0.4 is 10.2 Å². The van der Waals surface area contributed by atoms with Crippen LogP contribution in [0.15, 0.2) is 54.9 Å². The summed E-state index contributed by atoms with van der Waals surface area (Å²) >= 11 is 0. The molecule has 0 aliphatic carbocycles. The molecular weight excluding hydrogens is 428 g/mol. The third kappa shape index (κ3) is 5.65. The van der Waals surface area contributed by atoms with Crippen molar-refractivity contribution in [3.8, 4) is 11.3 Å². The van der Waals surface area contributed by atoms with Crippen LogP contribution in [0.5, 0.6) is 0 Å². The molecule has 0 atom stereocenters. The Labute approximate surface area is 180 Å². The Balaban J connectivity index is 1.71. The van der Waals surface area contributed by atoms with Gasteiger partial charge in [-0.15, -0.1) is 0 Å². The number of benzene rings is 1. The van der Waals surface area contributed by atoms with E-state index in [0.29, 0.717) is 21.7 Å². The number of amides is 2. The molecule has 0 aliphatic heterocycles. The second-order valence-corrected chi connectivity index (χ2v) is 6.79. The van der Waals surface area contributed by atoms with Crippen molar-refractivity contribution >= 4 is 17.5 Å². The number of pyridine rings is 2. The van der Waals surface area contributed by atoms with Crippen LogP contribution in [0.2, 0.25) is 0 Å². The molecule has 3 rings (SSSR count). The predicted molar refractivity (Wildman–Crippen MR) is 109 cm³/mol. The Morgan fingerprint density at radius 1 is 1.03 bits per heavy atom. The highest BCUT2D eigenvalue weighted by atomic mass is 19.3. The number of nitrogens with zero attached hydrogens (tertiary/aromatic N) is 3. The van der Waals surface area contributed by atoms with Crippen LogP contribution in [0, 0.1) is 11.8 Å². The molecular formula is C22H18F4N4O2. The smallest absolute Gasteiger partial charge is 0.256 e. The lowest BCUT2D eigenvalue weighted by Gasteiger charge is -2.21. The van der Waals surface area contributed by atoms with Gasteiger partial charge >= 0.3 is 0 Å². The fraction of sp³-hybridized carbons (Fsp3) is 0.182. The van der Waals surface area contributed by atoms with Crippen LogP contribution in [0.25, 0.3) is 11.3 Å². The van der Waals surface area contributed by atoms with Crippen LogP contribution in [-0.4, -0.2) is 34.8 Å². The Morgan fingerprint density at radius 3 is 2.38 bits per heavy atom. The van der Waals surface area contributed by atoms with E-state index in [1.807, 2.05) is 0 Å². The molecule has 0 fully saturated rings. The standard InChI is InChI=1S/C22H18F4N4O2/c1-13(31)30(12-20(24)25)19-6-4-15(8-17(19)23)18-5-3-16(11-27-18)22(32)29-10-14-2-7-21(26)28-9-14/h2-9,11,20H,10,12H2,1H3,(H,29,32). The highest BCUT2D eigenvalue weighted by Gasteiger charge is 2.20. The van der Waals surface area contributed by atoms with E-state index in [0.717, 1.165) is 13.0 Å². The van der Waals surface area contributed by atoms with Crippen LogP contribution >= 0.6 is 0 Å². The van der Waals surface area contributed by atoms with E-state index in [-0.39, 0.29) is 17.8 Å². The summed E-state index contributed by atoms with van der Waals surface area (Å²) in [5.41, 5.74) is 1.30. The predicted octanol–water partition coefficient (Wildman–Crippen LogP) is 3.97. The molecule has 0 spiro atoms. The van der Waals surface area contributed by atoms with Gasteiger partial charge in [-0.2, -0.15) is 4.39 Å². The summed E-state index contributed by atoms with van der Waals surface area (Å²) in [4.78, 5) is 32.2. The SMILES string of the molecule is CC(=O)N(CC(F)F)c1ccc(-c2ccc(C(=O)NCc3ccc(F)nc3)cn2)cc1F. The van der Waals surface area contributed by atoms with Crippen LogP contribution in [0.1, 0.15) is 22.8 Å². The van der Waals surface area contributed by atoms with Crippen molar-refractivity contribution in [3.05, 3.63) is 77.8 Å². The summed E-state index contributed by atoms with van der Waals surface area (Å²) in [6.45, 7) is 0.307. The van der Waals surface area contributed by atoms with Crippen LogP contribution in [0.4, 0.5) is 23.2 Å². The number of alkyl halides is 2. The van der Waals surface area contributed by atoms with Gasteiger partial charge in [-0.1, -0.05) is 12.1 Å². The Bertz CT molecular complexity index is 1110. The average Bonchev–Trinajstić information content (AvgIpc) is 2.77. The van der Waals surface area contributed by atoms with E-state index < -0.39 is 36.5 Å². The monoisotopic (exact) mass is 446 g/mol. The summed E-state index contributed by atoms with van der Waals surface area (Å²) in [6.07, 6.45) is -0.195. The van der Waals surface area contributed by atoms with Gasteiger partial charge in [0, 0.05) is 31.4 Å². The topological polar surface area (TPSA) is 75.2 Å². The zero-order valence-electron chi connectivity index (χ0n) is 16.9. The molecule has 32 heavy (non-hydrogen) atoms. The lowest BCUT2D eigenvalue weighted by Crippen LogP contribution is -2.33. The minimum Gasteiger partial charge on any atom is -0.348 e. The summed E-state index contributed by atoms with van der Waals surface area (Å²) < 4.78 is 52.8. The van der Waals surface area contributed by atoms with E-state index in [2.05, 4.69) is 15.3 Å². The van der Waals surface area contributed by atoms with Gasteiger partial charge in [-0.25, -0.2) is 18.2 Å². The van der Waals surface area contributed by atoms with Gasteiger partial charge in [-0.05, 0) is 35.9 Å². The number of rotatable bonds is 7. The van der Waals surface area contributed by atoms with Crippen molar-refractivity contribution in [2.45, 2.75) is 19.9 Å². The molecule has 0 bridgehead atoms. The number of carbonyl (C=O) groups excluding carboxylic acids is 2. The quantitative estimate of drug-likeness (QED) is 0.440. The average molecular weight is 446 g/mol. The van der Waals surface area contributed by atoms with E-state index >= 15 is 0 Å². The summed E-state index contributed by atoms with van der Waals surface area (Å²) in [7, 11) is 0. The molecule has 2 heterocycles. The maximum atomic E-state index is 14.5.